The average molecular weight is 558 g/mol. The number of carbonyl (C=O) groups excluding carboxylic acids is 1. The van der Waals surface area contributed by atoms with Crippen LogP contribution in [-0.2, 0) is 19.6 Å². The lowest BCUT2D eigenvalue weighted by molar-refractivity contribution is -0.125. The summed E-state index contributed by atoms with van der Waals surface area (Å²) >= 11 is 0. The summed E-state index contributed by atoms with van der Waals surface area (Å²) in [6, 6.07) is 8.44. The molecular formula is C28H36FN5O4S. The van der Waals surface area contributed by atoms with E-state index in [1.54, 1.807) is 33.0 Å². The van der Waals surface area contributed by atoms with Gasteiger partial charge in [0.2, 0.25) is 15.9 Å². The fourth-order valence-corrected chi connectivity index (χ4v) is 5.89. The minimum Gasteiger partial charge on any atom is -0.375 e. The lowest BCUT2D eigenvalue weighted by Crippen LogP contribution is -2.46. The molecule has 1 saturated heterocycles. The Labute approximate surface area is 228 Å². The Hall–Kier alpha value is -3.05. The van der Waals surface area contributed by atoms with Crippen molar-refractivity contribution >= 4 is 32.8 Å². The second-order valence-electron chi connectivity index (χ2n) is 11.5. The molecule has 11 heteroatoms. The molecule has 2 aliphatic rings. The van der Waals surface area contributed by atoms with Gasteiger partial charge in [-0.05, 0) is 89.6 Å². The second-order valence-corrected chi connectivity index (χ2v) is 14.0. The van der Waals surface area contributed by atoms with E-state index >= 15 is 0 Å². The molecule has 5 rings (SSSR count). The Morgan fingerprint density at radius 2 is 1.74 bits per heavy atom. The van der Waals surface area contributed by atoms with Crippen molar-refractivity contribution in [3.05, 3.63) is 42.3 Å². The van der Waals surface area contributed by atoms with E-state index in [0.29, 0.717) is 29.7 Å². The largest absolute Gasteiger partial charge is 0.375 e. The normalized spacial score (nSPS) is 21.3. The van der Waals surface area contributed by atoms with Crippen LogP contribution >= 0.6 is 0 Å². The Bertz CT molecular complexity index is 1420. The molecule has 39 heavy (non-hydrogen) atoms. The van der Waals surface area contributed by atoms with E-state index in [4.69, 9.17) is 4.74 Å². The number of hydrogen-bond donors (Lipinski definition) is 2. The fourth-order valence-electron chi connectivity index (χ4n) is 5.15. The summed E-state index contributed by atoms with van der Waals surface area (Å²) < 4.78 is 45.7. The number of nitrogens with one attached hydrogen (secondary N) is 2. The maximum atomic E-state index is 13.5. The first-order chi connectivity index (χ1) is 18.5. The molecule has 1 aliphatic heterocycles. The summed E-state index contributed by atoms with van der Waals surface area (Å²) in [7, 11) is -3.69. The van der Waals surface area contributed by atoms with Crippen molar-refractivity contribution in [2.45, 2.75) is 76.3 Å². The molecule has 2 aromatic heterocycles. The zero-order valence-corrected chi connectivity index (χ0v) is 23.4. The smallest absolute Gasteiger partial charge is 0.239 e. The van der Waals surface area contributed by atoms with Crippen LogP contribution in [0.4, 0.5) is 10.2 Å². The molecule has 0 bridgehead atoms. The number of fused-ring (bicyclic) bond motifs is 1. The van der Waals surface area contributed by atoms with Gasteiger partial charge in [-0.15, -0.1) is 0 Å². The third-order valence-electron chi connectivity index (χ3n) is 7.70. The van der Waals surface area contributed by atoms with Crippen molar-refractivity contribution in [3.63, 3.8) is 0 Å². The predicted octanol–water partition coefficient (Wildman–Crippen LogP) is 4.55. The van der Waals surface area contributed by atoms with Gasteiger partial charge in [0.1, 0.15) is 17.5 Å². The zero-order valence-electron chi connectivity index (χ0n) is 22.6. The Morgan fingerprint density at radius 3 is 2.38 bits per heavy atom. The number of imidazole rings is 1. The topological polar surface area (TPSA) is 117 Å². The van der Waals surface area contributed by atoms with E-state index in [1.165, 1.54) is 12.1 Å². The summed E-state index contributed by atoms with van der Waals surface area (Å²) in [4.78, 5) is 27.1. The van der Waals surface area contributed by atoms with E-state index in [2.05, 4.69) is 24.6 Å². The summed E-state index contributed by atoms with van der Waals surface area (Å²) in [5.74, 6) is 0.562. The first-order valence-corrected chi connectivity index (χ1v) is 15.0. The maximum Gasteiger partial charge on any atom is 0.239 e. The summed E-state index contributed by atoms with van der Waals surface area (Å²) in [5, 5.41) is 0. The molecule has 1 aromatic carbocycles. The number of anilines is 1. The van der Waals surface area contributed by atoms with Gasteiger partial charge in [0, 0.05) is 30.8 Å². The van der Waals surface area contributed by atoms with E-state index in [9.17, 15) is 17.6 Å². The number of ether oxygens (including phenoxy) is 1. The Morgan fingerprint density at radius 1 is 1.05 bits per heavy atom. The molecule has 2 fully saturated rings. The maximum absolute atomic E-state index is 13.5. The van der Waals surface area contributed by atoms with E-state index < -0.39 is 20.7 Å². The van der Waals surface area contributed by atoms with Crippen LogP contribution in [0.15, 0.2) is 36.5 Å². The monoisotopic (exact) mass is 557 g/mol. The van der Waals surface area contributed by atoms with Gasteiger partial charge in [0.05, 0.1) is 28.0 Å². The van der Waals surface area contributed by atoms with Crippen molar-refractivity contribution in [2.24, 2.45) is 5.92 Å². The summed E-state index contributed by atoms with van der Waals surface area (Å²) in [6.07, 6.45) is 6.60. The van der Waals surface area contributed by atoms with Crippen molar-refractivity contribution in [3.8, 4) is 11.4 Å². The van der Waals surface area contributed by atoms with Crippen molar-refractivity contribution in [1.29, 1.82) is 0 Å². The zero-order chi connectivity index (χ0) is 27.8. The number of piperidine rings is 1. The minimum atomic E-state index is -3.69. The number of rotatable bonds is 6. The third kappa shape index (κ3) is 6.24. The molecule has 0 radical (unpaired) electrons. The number of halogens is 1. The molecule has 1 saturated carbocycles. The van der Waals surface area contributed by atoms with Crippen LogP contribution in [0, 0.1) is 11.7 Å². The quantitative estimate of drug-likeness (QED) is 0.457. The molecule has 210 valence electrons. The van der Waals surface area contributed by atoms with Crippen molar-refractivity contribution < 1.29 is 22.3 Å². The summed E-state index contributed by atoms with van der Waals surface area (Å²) in [5.41, 5.74) is 2.21. The molecule has 0 atom stereocenters. The highest BCUT2D eigenvalue weighted by Gasteiger charge is 2.35. The molecule has 9 nitrogen and oxygen atoms in total. The van der Waals surface area contributed by atoms with Crippen LogP contribution in [0.2, 0.25) is 0 Å². The van der Waals surface area contributed by atoms with E-state index in [1.807, 2.05) is 12.1 Å². The van der Waals surface area contributed by atoms with E-state index in [-0.39, 0.29) is 23.9 Å². The van der Waals surface area contributed by atoms with Gasteiger partial charge in [-0.2, -0.15) is 0 Å². The lowest BCUT2D eigenvalue weighted by atomic mass is 9.87. The molecule has 0 unspecified atom stereocenters. The van der Waals surface area contributed by atoms with Gasteiger partial charge >= 0.3 is 0 Å². The molecule has 2 N–H and O–H groups in total. The third-order valence-corrected chi connectivity index (χ3v) is 9.78. The number of pyridine rings is 1. The molecule has 1 amide bonds. The SMILES string of the molecule is CC(C)(C)S(=O)(=O)NC(=O)C1CCC(OC2CCN(c3ccc(-c4nc5ccc(F)cc5[nH]4)cn3)CC2)CC1. The van der Waals surface area contributed by atoms with Gasteiger partial charge in [0.15, 0.2) is 0 Å². The van der Waals surface area contributed by atoms with Gasteiger partial charge in [-0.1, -0.05) is 0 Å². The van der Waals surface area contributed by atoms with Crippen molar-refractivity contribution in [2.75, 3.05) is 18.0 Å². The van der Waals surface area contributed by atoms with Gasteiger partial charge < -0.3 is 14.6 Å². The van der Waals surface area contributed by atoms with Gasteiger partial charge in [-0.25, -0.2) is 22.8 Å². The summed E-state index contributed by atoms with van der Waals surface area (Å²) in [6.45, 7) is 6.41. The van der Waals surface area contributed by atoms with Crippen LogP contribution in [0.1, 0.15) is 59.3 Å². The van der Waals surface area contributed by atoms with Crippen molar-refractivity contribution in [1.82, 2.24) is 19.7 Å². The number of H-pyrrole nitrogens is 1. The fraction of sp³-hybridized carbons (Fsp3) is 0.536. The minimum absolute atomic E-state index is 0.0968. The Balaban J connectivity index is 1.08. The van der Waals surface area contributed by atoms with Crippen LogP contribution in [0.25, 0.3) is 22.4 Å². The molecule has 0 spiro atoms. The second kappa shape index (κ2) is 10.8. The number of carbonyl (C=O) groups is 1. The highest BCUT2D eigenvalue weighted by molar-refractivity contribution is 7.91. The lowest BCUT2D eigenvalue weighted by Gasteiger charge is -2.36. The first kappa shape index (κ1) is 27.5. The predicted molar refractivity (Wildman–Crippen MR) is 148 cm³/mol. The number of aromatic nitrogens is 3. The van der Waals surface area contributed by atoms with Crippen LogP contribution < -0.4 is 9.62 Å². The molecule has 3 heterocycles. The standard InChI is InChI=1S/C28H36FN5O4S/c1-28(2,3)39(36,37)33-27(35)18-4-8-21(9-5-18)38-22-12-14-34(15-13-22)25-11-6-19(17-30-25)26-31-23-10-7-20(29)16-24(23)32-26/h6-7,10-11,16-18,21-22H,4-5,8-9,12-15H2,1-3H3,(H,31,32)(H,33,35). The van der Waals surface area contributed by atoms with Gasteiger partial charge in [-0.3, -0.25) is 9.52 Å². The van der Waals surface area contributed by atoms with E-state index in [0.717, 1.165) is 50.2 Å². The van der Waals surface area contributed by atoms with Crippen LogP contribution in [0.5, 0.6) is 0 Å². The number of hydrogen-bond acceptors (Lipinski definition) is 7. The first-order valence-electron chi connectivity index (χ1n) is 13.6. The number of nitrogens with zero attached hydrogens (tertiary/aromatic N) is 3. The number of sulfonamides is 1. The molecule has 3 aromatic rings. The van der Waals surface area contributed by atoms with Crippen LogP contribution in [-0.4, -0.2) is 59.3 Å². The Kier molecular flexibility index (Phi) is 7.65. The van der Waals surface area contributed by atoms with Crippen LogP contribution in [0.3, 0.4) is 0 Å². The number of amides is 1. The highest BCUT2D eigenvalue weighted by atomic mass is 32.2. The number of aromatic amines is 1. The molecular weight excluding hydrogens is 521 g/mol. The number of benzene rings is 1. The average Bonchev–Trinajstić information content (AvgIpc) is 3.32. The molecule has 1 aliphatic carbocycles. The van der Waals surface area contributed by atoms with Gasteiger partial charge in [0.25, 0.3) is 0 Å². The highest BCUT2D eigenvalue weighted by Crippen LogP contribution is 2.30.